The molecule has 2 rings (SSSR count). The molecule has 0 radical (unpaired) electrons. The first-order valence-corrected chi connectivity index (χ1v) is 10.8. The summed E-state index contributed by atoms with van der Waals surface area (Å²) in [5, 5.41) is 2.92. The highest BCUT2D eigenvalue weighted by atomic mass is 16.5. The van der Waals surface area contributed by atoms with Crippen molar-refractivity contribution in [3.63, 3.8) is 0 Å². The van der Waals surface area contributed by atoms with Crippen molar-refractivity contribution in [2.24, 2.45) is 0 Å². The van der Waals surface area contributed by atoms with Gasteiger partial charge in [0.05, 0.1) is 7.11 Å². The average molecular weight is 427 g/mol. The number of ether oxygens (including phenoxy) is 2. The largest absolute Gasteiger partial charge is 0.497 e. The highest BCUT2D eigenvalue weighted by molar-refractivity contribution is 5.88. The summed E-state index contributed by atoms with van der Waals surface area (Å²) in [4.78, 5) is 27.3. The molecule has 0 aliphatic rings. The molecule has 0 fully saturated rings. The summed E-state index contributed by atoms with van der Waals surface area (Å²) in [5.41, 5.74) is 3.01. The van der Waals surface area contributed by atoms with Gasteiger partial charge in [0.15, 0.2) is 6.61 Å². The van der Waals surface area contributed by atoms with Gasteiger partial charge in [0, 0.05) is 13.1 Å². The number of hydrogen-bond acceptors (Lipinski definition) is 4. The van der Waals surface area contributed by atoms with Crippen LogP contribution < -0.4 is 14.8 Å². The fraction of sp³-hybridized carbons (Fsp3) is 0.440. The molecule has 6 nitrogen and oxygen atoms in total. The summed E-state index contributed by atoms with van der Waals surface area (Å²) >= 11 is 0. The van der Waals surface area contributed by atoms with Crippen molar-refractivity contribution >= 4 is 11.8 Å². The molecule has 1 N–H and O–H groups in total. The lowest BCUT2D eigenvalue weighted by molar-refractivity contribution is -0.142. The van der Waals surface area contributed by atoms with Gasteiger partial charge in [-0.25, -0.2) is 0 Å². The summed E-state index contributed by atoms with van der Waals surface area (Å²) in [6.45, 7) is 8.56. The second kappa shape index (κ2) is 12.0. The minimum atomic E-state index is -0.617. The fourth-order valence-electron chi connectivity index (χ4n) is 3.15. The van der Waals surface area contributed by atoms with Crippen LogP contribution in [-0.2, 0) is 16.1 Å². The number of rotatable bonds is 11. The van der Waals surface area contributed by atoms with Crippen molar-refractivity contribution in [3.8, 4) is 11.5 Å². The zero-order valence-corrected chi connectivity index (χ0v) is 19.2. The van der Waals surface area contributed by atoms with Crippen LogP contribution in [0.2, 0.25) is 0 Å². The van der Waals surface area contributed by atoms with E-state index in [-0.39, 0.29) is 18.4 Å². The SMILES string of the molecule is CCCCNC(=O)[C@H](C)N(Cc1ccc(OC)cc1)C(=O)COc1cccc(C)c1C. The normalized spacial score (nSPS) is 11.5. The van der Waals surface area contributed by atoms with Gasteiger partial charge in [-0.15, -0.1) is 0 Å². The van der Waals surface area contributed by atoms with Gasteiger partial charge in [0.25, 0.3) is 5.91 Å². The molecule has 168 valence electrons. The minimum Gasteiger partial charge on any atom is -0.497 e. The van der Waals surface area contributed by atoms with E-state index >= 15 is 0 Å². The van der Waals surface area contributed by atoms with Gasteiger partial charge >= 0.3 is 0 Å². The lowest BCUT2D eigenvalue weighted by atomic mass is 10.1. The number of nitrogens with zero attached hydrogens (tertiary/aromatic N) is 1. The molecule has 2 aromatic rings. The molecule has 0 aliphatic heterocycles. The Balaban J connectivity index is 2.14. The van der Waals surface area contributed by atoms with Crippen molar-refractivity contribution in [2.75, 3.05) is 20.3 Å². The molecule has 2 amide bonds. The van der Waals surface area contributed by atoms with Crippen LogP contribution >= 0.6 is 0 Å². The van der Waals surface area contributed by atoms with Gasteiger partial charge in [0.2, 0.25) is 5.91 Å². The smallest absolute Gasteiger partial charge is 0.261 e. The van der Waals surface area contributed by atoms with Crippen LogP contribution in [0.4, 0.5) is 0 Å². The van der Waals surface area contributed by atoms with E-state index in [1.807, 2.05) is 56.3 Å². The maximum atomic E-state index is 13.1. The van der Waals surface area contributed by atoms with Crippen LogP contribution in [0.15, 0.2) is 42.5 Å². The minimum absolute atomic E-state index is 0.132. The van der Waals surface area contributed by atoms with Crippen LogP contribution in [-0.4, -0.2) is 43.0 Å². The van der Waals surface area contributed by atoms with Gasteiger partial charge in [-0.1, -0.05) is 37.6 Å². The fourth-order valence-corrected chi connectivity index (χ4v) is 3.15. The van der Waals surface area contributed by atoms with E-state index in [4.69, 9.17) is 9.47 Å². The predicted octanol–water partition coefficient (Wildman–Crippen LogP) is 4.02. The third-order valence-electron chi connectivity index (χ3n) is 5.41. The molecular weight excluding hydrogens is 392 g/mol. The number of unbranched alkanes of at least 4 members (excludes halogenated alkanes) is 1. The number of hydrogen-bond donors (Lipinski definition) is 1. The van der Waals surface area contributed by atoms with E-state index in [0.717, 1.165) is 35.3 Å². The molecule has 0 saturated carbocycles. The Bertz CT molecular complexity index is 864. The van der Waals surface area contributed by atoms with E-state index in [0.29, 0.717) is 18.8 Å². The number of nitrogens with one attached hydrogen (secondary N) is 1. The molecular formula is C25H34N2O4. The van der Waals surface area contributed by atoms with Gasteiger partial charge in [-0.2, -0.15) is 0 Å². The van der Waals surface area contributed by atoms with Gasteiger partial charge in [-0.05, 0) is 62.1 Å². The number of benzene rings is 2. The van der Waals surface area contributed by atoms with Crippen molar-refractivity contribution in [3.05, 3.63) is 59.2 Å². The van der Waals surface area contributed by atoms with E-state index in [1.54, 1.807) is 18.9 Å². The average Bonchev–Trinajstić information content (AvgIpc) is 2.78. The molecule has 0 unspecified atom stereocenters. The molecule has 0 aliphatic carbocycles. The Hall–Kier alpha value is -3.02. The van der Waals surface area contributed by atoms with E-state index in [9.17, 15) is 9.59 Å². The van der Waals surface area contributed by atoms with Crippen molar-refractivity contribution in [1.82, 2.24) is 10.2 Å². The van der Waals surface area contributed by atoms with Crippen LogP contribution in [0.25, 0.3) is 0 Å². The number of aryl methyl sites for hydroxylation is 1. The number of carbonyl (C=O) groups excluding carboxylic acids is 2. The Kier molecular flexibility index (Phi) is 9.38. The maximum absolute atomic E-state index is 13.1. The standard InChI is InChI=1S/C25H34N2O4/c1-6-7-15-26-25(29)20(4)27(16-21-11-13-22(30-5)14-12-21)24(28)17-31-23-10-8-9-18(2)19(23)3/h8-14,20H,6-7,15-17H2,1-5H3,(H,26,29)/t20-/m0/s1. The van der Waals surface area contributed by atoms with E-state index in [1.165, 1.54) is 0 Å². The molecule has 0 heterocycles. The molecule has 0 spiro atoms. The zero-order valence-electron chi connectivity index (χ0n) is 19.2. The second-order valence-electron chi connectivity index (χ2n) is 7.68. The Morgan fingerprint density at radius 3 is 2.45 bits per heavy atom. The highest BCUT2D eigenvalue weighted by Gasteiger charge is 2.26. The number of carbonyl (C=O) groups is 2. The lowest BCUT2D eigenvalue weighted by Gasteiger charge is -2.29. The Morgan fingerprint density at radius 1 is 1.10 bits per heavy atom. The number of methoxy groups -OCH3 is 1. The quantitative estimate of drug-likeness (QED) is 0.551. The van der Waals surface area contributed by atoms with Gasteiger partial charge < -0.3 is 19.7 Å². The second-order valence-corrected chi connectivity index (χ2v) is 7.68. The molecule has 0 saturated heterocycles. The molecule has 2 aromatic carbocycles. The zero-order chi connectivity index (χ0) is 22.8. The van der Waals surface area contributed by atoms with Crippen LogP contribution in [0.1, 0.15) is 43.4 Å². The Labute approximate surface area is 185 Å². The highest BCUT2D eigenvalue weighted by Crippen LogP contribution is 2.21. The molecule has 31 heavy (non-hydrogen) atoms. The molecule has 0 bridgehead atoms. The van der Waals surface area contributed by atoms with E-state index in [2.05, 4.69) is 12.2 Å². The summed E-state index contributed by atoms with van der Waals surface area (Å²) in [6.07, 6.45) is 1.90. The van der Waals surface area contributed by atoms with Crippen molar-refractivity contribution in [2.45, 2.75) is 53.1 Å². The Morgan fingerprint density at radius 2 is 1.81 bits per heavy atom. The van der Waals surface area contributed by atoms with Gasteiger partial charge in [-0.3, -0.25) is 9.59 Å². The monoisotopic (exact) mass is 426 g/mol. The third kappa shape index (κ3) is 7.02. The molecule has 0 aromatic heterocycles. The maximum Gasteiger partial charge on any atom is 0.261 e. The molecule has 6 heteroatoms. The summed E-state index contributed by atoms with van der Waals surface area (Å²) in [7, 11) is 1.61. The summed E-state index contributed by atoms with van der Waals surface area (Å²) in [5.74, 6) is 1.01. The summed E-state index contributed by atoms with van der Waals surface area (Å²) < 4.78 is 11.0. The lowest BCUT2D eigenvalue weighted by Crippen LogP contribution is -2.49. The van der Waals surface area contributed by atoms with E-state index < -0.39 is 6.04 Å². The molecule has 1 atom stereocenters. The first kappa shape index (κ1) is 24.3. The topological polar surface area (TPSA) is 67.9 Å². The predicted molar refractivity (Wildman–Crippen MR) is 122 cm³/mol. The van der Waals surface area contributed by atoms with Crippen LogP contribution in [0.3, 0.4) is 0 Å². The first-order valence-electron chi connectivity index (χ1n) is 10.8. The van der Waals surface area contributed by atoms with Gasteiger partial charge in [0.1, 0.15) is 17.5 Å². The van der Waals surface area contributed by atoms with Crippen LogP contribution in [0.5, 0.6) is 11.5 Å². The first-order chi connectivity index (χ1) is 14.9. The van der Waals surface area contributed by atoms with Crippen molar-refractivity contribution in [1.29, 1.82) is 0 Å². The number of amides is 2. The van der Waals surface area contributed by atoms with Crippen molar-refractivity contribution < 1.29 is 19.1 Å². The summed E-state index contributed by atoms with van der Waals surface area (Å²) in [6, 6.07) is 12.6. The third-order valence-corrected chi connectivity index (χ3v) is 5.41. The van der Waals surface area contributed by atoms with Crippen LogP contribution in [0, 0.1) is 13.8 Å².